The van der Waals surface area contributed by atoms with Gasteiger partial charge in [0.2, 0.25) is 0 Å². The van der Waals surface area contributed by atoms with E-state index >= 15 is 0 Å². The standard InChI is InChI=1S/C9H8ClF3/c10-5-4-7-2-1-3-8(6-7)9(11,12)13/h1-3,6H,4-5H2. The van der Waals surface area contributed by atoms with E-state index in [4.69, 9.17) is 11.6 Å². The average Bonchev–Trinajstić information content (AvgIpc) is 2.04. The van der Waals surface area contributed by atoms with Crippen LogP contribution in [0.25, 0.3) is 0 Å². The van der Waals surface area contributed by atoms with Gasteiger partial charge in [0.25, 0.3) is 0 Å². The van der Waals surface area contributed by atoms with Crippen molar-refractivity contribution in [3.8, 4) is 0 Å². The Hall–Kier alpha value is -0.700. The summed E-state index contributed by atoms with van der Waals surface area (Å²) in [6, 6.07) is 5.21. The van der Waals surface area contributed by atoms with Crippen molar-refractivity contribution in [3.63, 3.8) is 0 Å². The fourth-order valence-electron chi connectivity index (χ4n) is 1.01. The van der Waals surface area contributed by atoms with Crippen LogP contribution in [0.1, 0.15) is 11.1 Å². The normalized spacial score (nSPS) is 11.7. The van der Waals surface area contributed by atoms with Crippen LogP contribution in [0, 0.1) is 0 Å². The molecule has 0 saturated heterocycles. The first-order valence-electron chi connectivity index (χ1n) is 3.76. The van der Waals surface area contributed by atoms with Crippen molar-refractivity contribution in [2.45, 2.75) is 12.6 Å². The van der Waals surface area contributed by atoms with E-state index in [1.165, 1.54) is 6.07 Å². The van der Waals surface area contributed by atoms with E-state index < -0.39 is 11.7 Å². The van der Waals surface area contributed by atoms with Gasteiger partial charge in [-0.25, -0.2) is 0 Å². The lowest BCUT2D eigenvalue weighted by molar-refractivity contribution is -0.137. The Morgan fingerprint density at radius 1 is 1.23 bits per heavy atom. The summed E-state index contributed by atoms with van der Waals surface area (Å²) in [5, 5.41) is 0. The van der Waals surface area contributed by atoms with E-state index in [9.17, 15) is 13.2 Å². The lowest BCUT2D eigenvalue weighted by Crippen LogP contribution is -2.05. The van der Waals surface area contributed by atoms with Gasteiger partial charge in [-0.15, -0.1) is 11.6 Å². The molecule has 0 saturated carbocycles. The van der Waals surface area contributed by atoms with Crippen LogP contribution in [0.3, 0.4) is 0 Å². The second-order valence-electron chi connectivity index (χ2n) is 2.64. The molecule has 4 heteroatoms. The molecule has 0 radical (unpaired) electrons. The largest absolute Gasteiger partial charge is 0.416 e. The van der Waals surface area contributed by atoms with Crippen LogP contribution in [0.4, 0.5) is 13.2 Å². The number of benzene rings is 1. The van der Waals surface area contributed by atoms with Crippen molar-refractivity contribution < 1.29 is 13.2 Å². The van der Waals surface area contributed by atoms with Crippen LogP contribution in [-0.2, 0) is 12.6 Å². The Morgan fingerprint density at radius 2 is 1.92 bits per heavy atom. The molecule has 0 aliphatic carbocycles. The summed E-state index contributed by atoms with van der Waals surface area (Å²) < 4.78 is 36.5. The van der Waals surface area contributed by atoms with Gasteiger partial charge in [-0.3, -0.25) is 0 Å². The Labute approximate surface area is 79.3 Å². The summed E-state index contributed by atoms with van der Waals surface area (Å²) in [4.78, 5) is 0. The molecule has 0 nitrogen and oxygen atoms in total. The van der Waals surface area contributed by atoms with Crippen molar-refractivity contribution in [3.05, 3.63) is 35.4 Å². The molecule has 0 N–H and O–H groups in total. The Kier molecular flexibility index (Phi) is 3.20. The lowest BCUT2D eigenvalue weighted by atomic mass is 10.1. The smallest absolute Gasteiger partial charge is 0.166 e. The van der Waals surface area contributed by atoms with Gasteiger partial charge in [-0.05, 0) is 18.1 Å². The molecule has 0 atom stereocenters. The maximum atomic E-state index is 12.2. The third kappa shape index (κ3) is 2.92. The van der Waals surface area contributed by atoms with Crippen molar-refractivity contribution in [2.24, 2.45) is 0 Å². The molecule has 1 rings (SSSR count). The van der Waals surface area contributed by atoms with Gasteiger partial charge >= 0.3 is 6.18 Å². The molecule has 0 heterocycles. The molecule has 0 aliphatic rings. The number of hydrogen-bond donors (Lipinski definition) is 0. The van der Waals surface area contributed by atoms with E-state index in [1.807, 2.05) is 0 Å². The van der Waals surface area contributed by atoms with Crippen molar-refractivity contribution >= 4 is 11.6 Å². The molecule has 72 valence electrons. The van der Waals surface area contributed by atoms with E-state index in [0.717, 1.165) is 12.1 Å². The summed E-state index contributed by atoms with van der Waals surface area (Å²) >= 11 is 5.42. The van der Waals surface area contributed by atoms with Crippen molar-refractivity contribution in [1.82, 2.24) is 0 Å². The summed E-state index contributed by atoms with van der Waals surface area (Å²) in [6.45, 7) is 0. The minimum absolute atomic E-state index is 0.335. The van der Waals surface area contributed by atoms with Gasteiger partial charge in [-0.1, -0.05) is 18.2 Å². The minimum Gasteiger partial charge on any atom is -0.166 e. The number of alkyl halides is 4. The van der Waals surface area contributed by atoms with Gasteiger partial charge < -0.3 is 0 Å². The van der Waals surface area contributed by atoms with E-state index in [2.05, 4.69) is 0 Å². The fourth-order valence-corrected chi connectivity index (χ4v) is 1.23. The Balaban J connectivity index is 2.92. The molecule has 1 aromatic carbocycles. The highest BCUT2D eigenvalue weighted by molar-refractivity contribution is 6.17. The zero-order valence-electron chi connectivity index (χ0n) is 6.74. The molecule has 0 unspecified atom stereocenters. The first-order chi connectivity index (χ1) is 6.04. The van der Waals surface area contributed by atoms with Crippen molar-refractivity contribution in [1.29, 1.82) is 0 Å². The maximum absolute atomic E-state index is 12.2. The highest BCUT2D eigenvalue weighted by Crippen LogP contribution is 2.29. The van der Waals surface area contributed by atoms with Gasteiger partial charge in [-0.2, -0.15) is 13.2 Å². The molecule has 0 amide bonds. The summed E-state index contributed by atoms with van der Waals surface area (Å²) in [5.41, 5.74) is -0.0000540. The molecule has 13 heavy (non-hydrogen) atoms. The van der Waals surface area contributed by atoms with Crippen LogP contribution >= 0.6 is 11.6 Å². The van der Waals surface area contributed by atoms with Gasteiger partial charge in [0.15, 0.2) is 0 Å². The van der Waals surface area contributed by atoms with Gasteiger partial charge in [0, 0.05) is 5.88 Å². The topological polar surface area (TPSA) is 0 Å². The summed E-state index contributed by atoms with van der Waals surface area (Å²) in [5.74, 6) is 0.335. The predicted octanol–water partition coefficient (Wildman–Crippen LogP) is 3.49. The maximum Gasteiger partial charge on any atom is 0.416 e. The second kappa shape index (κ2) is 4.01. The number of rotatable bonds is 2. The monoisotopic (exact) mass is 208 g/mol. The third-order valence-corrected chi connectivity index (χ3v) is 1.83. The summed E-state index contributed by atoms with van der Waals surface area (Å²) in [6.07, 6.45) is -3.80. The molecule has 0 fully saturated rings. The predicted molar refractivity (Wildman–Crippen MR) is 45.9 cm³/mol. The van der Waals surface area contributed by atoms with E-state index in [0.29, 0.717) is 17.9 Å². The number of halogens is 4. The highest BCUT2D eigenvalue weighted by atomic mass is 35.5. The fraction of sp³-hybridized carbons (Fsp3) is 0.333. The number of aryl methyl sites for hydroxylation is 1. The summed E-state index contributed by atoms with van der Waals surface area (Å²) in [7, 11) is 0. The van der Waals surface area contributed by atoms with Crippen molar-refractivity contribution in [2.75, 3.05) is 5.88 Å². The quantitative estimate of drug-likeness (QED) is 0.653. The third-order valence-electron chi connectivity index (χ3n) is 1.64. The first-order valence-corrected chi connectivity index (χ1v) is 4.29. The van der Waals surface area contributed by atoms with Gasteiger partial charge in [0.05, 0.1) is 5.56 Å². The highest BCUT2D eigenvalue weighted by Gasteiger charge is 2.30. The van der Waals surface area contributed by atoms with Crippen LogP contribution < -0.4 is 0 Å². The number of hydrogen-bond acceptors (Lipinski definition) is 0. The molecule has 0 aliphatic heterocycles. The molecule has 0 aromatic heterocycles. The zero-order valence-corrected chi connectivity index (χ0v) is 7.49. The van der Waals surface area contributed by atoms with Gasteiger partial charge in [0.1, 0.15) is 0 Å². The Morgan fingerprint density at radius 3 is 2.46 bits per heavy atom. The van der Waals surface area contributed by atoms with Crippen LogP contribution in [-0.4, -0.2) is 5.88 Å². The second-order valence-corrected chi connectivity index (χ2v) is 3.02. The average molecular weight is 209 g/mol. The zero-order chi connectivity index (χ0) is 9.90. The molecule has 0 spiro atoms. The molecule has 1 aromatic rings. The van der Waals surface area contributed by atoms with Crippen LogP contribution in [0.15, 0.2) is 24.3 Å². The van der Waals surface area contributed by atoms with Crippen LogP contribution in [0.2, 0.25) is 0 Å². The van der Waals surface area contributed by atoms with E-state index in [1.54, 1.807) is 6.07 Å². The molecular formula is C9H8ClF3. The lowest BCUT2D eigenvalue weighted by Gasteiger charge is -2.07. The van der Waals surface area contributed by atoms with E-state index in [-0.39, 0.29) is 0 Å². The molecular weight excluding hydrogens is 201 g/mol. The minimum atomic E-state index is -4.26. The molecule has 0 bridgehead atoms. The Bertz CT molecular complexity index is 280. The first kappa shape index (κ1) is 10.4. The SMILES string of the molecule is FC(F)(F)c1cccc(CCCl)c1. The van der Waals surface area contributed by atoms with Crippen LogP contribution in [0.5, 0.6) is 0 Å².